The zero-order valence-corrected chi connectivity index (χ0v) is 11.3. The molecule has 1 unspecified atom stereocenters. The molecule has 1 aromatic rings. The Kier molecular flexibility index (Phi) is 3.42. The van der Waals surface area contributed by atoms with Crippen LogP contribution in [0.15, 0.2) is 30.1 Å². The number of carbonyl (C=O) groups is 1. The maximum absolute atomic E-state index is 11.3. The van der Waals surface area contributed by atoms with Gasteiger partial charge < -0.3 is 9.64 Å². The fourth-order valence-electron chi connectivity index (χ4n) is 2.57. The number of hydrogen-bond donors (Lipinski definition) is 0. The zero-order chi connectivity index (χ0) is 13.2. The standard InChI is InChI=1S/C14H15ClN2O2/c15-7-11-4-3-10(8-16-11)9-17-5-1-2-13-12(17)6-14(18)19-13/h3-4,6,8,13H,1-2,5,7,9H2. The number of halogens is 1. The number of esters is 1. The minimum absolute atomic E-state index is 0.0451. The number of rotatable bonds is 3. The lowest BCUT2D eigenvalue weighted by atomic mass is 10.0. The third kappa shape index (κ3) is 2.59. The number of likely N-dealkylation sites (tertiary alicyclic amines) is 1. The third-order valence-corrected chi connectivity index (χ3v) is 3.78. The van der Waals surface area contributed by atoms with Crippen LogP contribution in [0.5, 0.6) is 0 Å². The number of nitrogens with zero attached hydrogens (tertiary/aromatic N) is 2. The summed E-state index contributed by atoms with van der Waals surface area (Å²) in [5, 5.41) is 0. The second-order valence-corrected chi connectivity index (χ2v) is 5.12. The quantitative estimate of drug-likeness (QED) is 0.628. The van der Waals surface area contributed by atoms with Gasteiger partial charge in [0.15, 0.2) is 0 Å². The highest BCUT2D eigenvalue weighted by Gasteiger charge is 2.33. The highest BCUT2D eigenvalue weighted by molar-refractivity contribution is 6.16. The summed E-state index contributed by atoms with van der Waals surface area (Å²) in [6.07, 6.45) is 5.39. The second kappa shape index (κ2) is 5.21. The van der Waals surface area contributed by atoms with Gasteiger partial charge in [-0.1, -0.05) is 6.07 Å². The molecule has 1 saturated heterocycles. The smallest absolute Gasteiger partial charge is 0.333 e. The van der Waals surface area contributed by atoms with Crippen LogP contribution in [-0.4, -0.2) is 28.5 Å². The molecule has 0 aromatic carbocycles. The van der Waals surface area contributed by atoms with Gasteiger partial charge in [-0.25, -0.2) is 4.79 Å². The van der Waals surface area contributed by atoms with Gasteiger partial charge in [-0.05, 0) is 24.5 Å². The predicted octanol–water partition coefficient (Wildman–Crippen LogP) is 2.23. The highest BCUT2D eigenvalue weighted by Crippen LogP contribution is 2.29. The molecule has 3 heterocycles. The monoisotopic (exact) mass is 278 g/mol. The number of alkyl halides is 1. The summed E-state index contributed by atoms with van der Waals surface area (Å²) < 4.78 is 5.26. The molecule has 0 saturated carbocycles. The number of carbonyl (C=O) groups excluding carboxylic acids is 1. The van der Waals surface area contributed by atoms with Gasteiger partial charge in [-0.3, -0.25) is 4.98 Å². The van der Waals surface area contributed by atoms with Gasteiger partial charge in [0.1, 0.15) is 6.10 Å². The van der Waals surface area contributed by atoms with Crippen molar-refractivity contribution >= 4 is 17.6 Å². The molecular weight excluding hydrogens is 264 g/mol. The van der Waals surface area contributed by atoms with E-state index in [1.165, 1.54) is 0 Å². The summed E-state index contributed by atoms with van der Waals surface area (Å²) in [7, 11) is 0. The first-order valence-electron chi connectivity index (χ1n) is 6.43. The average molecular weight is 279 g/mol. The van der Waals surface area contributed by atoms with Crippen molar-refractivity contribution in [3.8, 4) is 0 Å². The molecule has 0 N–H and O–H groups in total. The lowest BCUT2D eigenvalue weighted by molar-refractivity contribution is -0.139. The lowest BCUT2D eigenvalue weighted by Crippen LogP contribution is -2.34. The highest BCUT2D eigenvalue weighted by atomic mass is 35.5. The zero-order valence-electron chi connectivity index (χ0n) is 10.5. The van der Waals surface area contributed by atoms with Crippen LogP contribution in [0.3, 0.4) is 0 Å². The van der Waals surface area contributed by atoms with E-state index in [2.05, 4.69) is 9.88 Å². The fraction of sp³-hybridized carbons (Fsp3) is 0.429. The van der Waals surface area contributed by atoms with Gasteiger partial charge >= 0.3 is 5.97 Å². The third-order valence-electron chi connectivity index (χ3n) is 3.51. The predicted molar refractivity (Wildman–Crippen MR) is 71.4 cm³/mol. The molecule has 100 valence electrons. The molecule has 5 heteroatoms. The molecule has 4 nitrogen and oxygen atoms in total. The molecule has 0 aliphatic carbocycles. The molecule has 0 radical (unpaired) electrons. The van der Waals surface area contributed by atoms with Crippen LogP contribution in [0.1, 0.15) is 24.1 Å². The number of ether oxygens (including phenoxy) is 1. The normalized spacial score (nSPS) is 21.9. The summed E-state index contributed by atoms with van der Waals surface area (Å²) in [6, 6.07) is 3.97. The van der Waals surface area contributed by atoms with E-state index in [1.807, 2.05) is 18.3 Å². The number of piperidine rings is 1. The summed E-state index contributed by atoms with van der Waals surface area (Å²) >= 11 is 5.72. The summed E-state index contributed by atoms with van der Waals surface area (Å²) in [4.78, 5) is 17.8. The molecule has 2 aliphatic rings. The second-order valence-electron chi connectivity index (χ2n) is 4.85. The number of fused-ring (bicyclic) bond motifs is 1. The van der Waals surface area contributed by atoms with E-state index in [-0.39, 0.29) is 12.1 Å². The van der Waals surface area contributed by atoms with Crippen LogP contribution in [-0.2, 0) is 22.0 Å². The fourth-order valence-corrected chi connectivity index (χ4v) is 2.72. The lowest BCUT2D eigenvalue weighted by Gasteiger charge is -2.33. The average Bonchev–Trinajstić information content (AvgIpc) is 2.81. The van der Waals surface area contributed by atoms with Crippen molar-refractivity contribution in [2.75, 3.05) is 6.54 Å². The SMILES string of the molecule is O=C1C=C2C(CCCN2Cc2ccc(CCl)nc2)O1. The number of aromatic nitrogens is 1. The number of hydrogen-bond acceptors (Lipinski definition) is 4. The van der Waals surface area contributed by atoms with Crippen LogP contribution in [0.25, 0.3) is 0 Å². The van der Waals surface area contributed by atoms with Crippen molar-refractivity contribution in [3.63, 3.8) is 0 Å². The summed E-state index contributed by atoms with van der Waals surface area (Å²) in [5.41, 5.74) is 3.01. The summed E-state index contributed by atoms with van der Waals surface area (Å²) in [5.74, 6) is 0.210. The van der Waals surface area contributed by atoms with Crippen LogP contribution in [0.2, 0.25) is 0 Å². The van der Waals surface area contributed by atoms with E-state index in [0.717, 1.165) is 42.9 Å². The van der Waals surface area contributed by atoms with E-state index < -0.39 is 0 Å². The van der Waals surface area contributed by atoms with Gasteiger partial charge in [0.25, 0.3) is 0 Å². The molecule has 0 spiro atoms. The van der Waals surface area contributed by atoms with Crippen LogP contribution in [0.4, 0.5) is 0 Å². The Morgan fingerprint density at radius 3 is 3.11 bits per heavy atom. The van der Waals surface area contributed by atoms with Gasteiger partial charge in [-0.2, -0.15) is 0 Å². The Morgan fingerprint density at radius 1 is 1.47 bits per heavy atom. The Balaban J connectivity index is 1.74. The van der Waals surface area contributed by atoms with Crippen molar-refractivity contribution in [2.24, 2.45) is 0 Å². The van der Waals surface area contributed by atoms with Gasteiger partial charge in [0.05, 0.1) is 17.3 Å². The molecule has 2 aliphatic heterocycles. The van der Waals surface area contributed by atoms with E-state index in [0.29, 0.717) is 5.88 Å². The summed E-state index contributed by atoms with van der Waals surface area (Å²) in [6.45, 7) is 1.71. The first kappa shape index (κ1) is 12.5. The van der Waals surface area contributed by atoms with Crippen molar-refractivity contribution in [2.45, 2.75) is 31.4 Å². The first-order chi connectivity index (χ1) is 9.26. The van der Waals surface area contributed by atoms with E-state index >= 15 is 0 Å². The minimum atomic E-state index is -0.220. The van der Waals surface area contributed by atoms with Crippen molar-refractivity contribution < 1.29 is 9.53 Å². The van der Waals surface area contributed by atoms with E-state index in [9.17, 15) is 4.79 Å². The van der Waals surface area contributed by atoms with E-state index in [4.69, 9.17) is 16.3 Å². The van der Waals surface area contributed by atoms with Crippen molar-refractivity contribution in [1.82, 2.24) is 9.88 Å². The molecule has 0 amide bonds. The van der Waals surface area contributed by atoms with E-state index in [1.54, 1.807) is 6.08 Å². The van der Waals surface area contributed by atoms with Crippen LogP contribution < -0.4 is 0 Å². The topological polar surface area (TPSA) is 42.4 Å². The Hall–Kier alpha value is -1.55. The molecular formula is C14H15ClN2O2. The molecule has 1 aromatic heterocycles. The van der Waals surface area contributed by atoms with Crippen LogP contribution >= 0.6 is 11.6 Å². The molecule has 0 bridgehead atoms. The maximum Gasteiger partial charge on any atom is 0.333 e. The van der Waals surface area contributed by atoms with Gasteiger partial charge in [0.2, 0.25) is 0 Å². The van der Waals surface area contributed by atoms with Crippen molar-refractivity contribution in [1.29, 1.82) is 0 Å². The van der Waals surface area contributed by atoms with Gasteiger partial charge in [0, 0.05) is 25.4 Å². The molecule has 1 fully saturated rings. The Labute approximate surface area is 117 Å². The van der Waals surface area contributed by atoms with Crippen LogP contribution in [0, 0.1) is 0 Å². The molecule has 3 rings (SSSR count). The Morgan fingerprint density at radius 2 is 2.37 bits per heavy atom. The largest absolute Gasteiger partial charge is 0.453 e. The first-order valence-corrected chi connectivity index (χ1v) is 6.96. The molecule has 19 heavy (non-hydrogen) atoms. The Bertz CT molecular complexity index is 513. The van der Waals surface area contributed by atoms with Crippen molar-refractivity contribution in [3.05, 3.63) is 41.4 Å². The number of pyridine rings is 1. The van der Waals surface area contributed by atoms with Gasteiger partial charge in [-0.15, -0.1) is 11.6 Å². The molecule has 1 atom stereocenters. The maximum atomic E-state index is 11.3. The minimum Gasteiger partial charge on any atom is -0.453 e.